The molecule has 0 amide bonds. The number of nitrogens with one attached hydrogen (secondary N) is 1. The lowest BCUT2D eigenvalue weighted by Crippen LogP contribution is -2.31. The second-order valence-electron chi connectivity index (χ2n) is 8.98. The molecule has 0 atom stereocenters. The molecule has 0 aliphatic carbocycles. The monoisotopic (exact) mass is 557 g/mol. The van der Waals surface area contributed by atoms with E-state index < -0.39 is 23.5 Å². The van der Waals surface area contributed by atoms with Crippen LogP contribution >= 0.6 is 11.6 Å². The number of nitrogens with zero attached hydrogens (tertiary/aromatic N) is 4. The Morgan fingerprint density at radius 2 is 1.79 bits per heavy atom. The zero-order chi connectivity index (χ0) is 27.6. The molecule has 0 radical (unpaired) electrons. The van der Waals surface area contributed by atoms with Gasteiger partial charge in [0.05, 0.1) is 17.6 Å². The van der Waals surface area contributed by atoms with Crippen LogP contribution < -0.4 is 20.4 Å². The molecule has 0 spiro atoms. The quantitative estimate of drug-likeness (QED) is 0.313. The molecule has 39 heavy (non-hydrogen) atoms. The van der Waals surface area contributed by atoms with E-state index in [2.05, 4.69) is 15.3 Å². The van der Waals surface area contributed by atoms with Gasteiger partial charge in [0.25, 0.3) is 0 Å². The van der Waals surface area contributed by atoms with Crippen molar-refractivity contribution in [1.29, 1.82) is 0 Å². The highest BCUT2D eigenvalue weighted by Crippen LogP contribution is 2.31. The third-order valence-electron chi connectivity index (χ3n) is 6.34. The highest BCUT2D eigenvalue weighted by Gasteiger charge is 2.42. The van der Waals surface area contributed by atoms with Gasteiger partial charge in [-0.3, -0.25) is 9.36 Å². The summed E-state index contributed by atoms with van der Waals surface area (Å²) in [6.45, 7) is 1.35. The average molecular weight is 558 g/mol. The standard InChI is InChI=1S/C27H23ClF3N5O3/c28-17-9-10-19-21(15-17)36(18-7-3-1-4-8-18)24(39-25(38)27(29,30)31)20(23(19)37)16-33-22-11-12-32-26(34-22)35-13-5-2-6-14-35/h1,3-4,7-12,15H,2,5-6,13-14,16H2,(H,32,33,34). The van der Waals surface area contributed by atoms with E-state index in [9.17, 15) is 22.8 Å². The number of piperidine rings is 1. The number of benzene rings is 2. The summed E-state index contributed by atoms with van der Waals surface area (Å²) < 4.78 is 46.2. The van der Waals surface area contributed by atoms with Crippen LogP contribution in [0.2, 0.25) is 5.02 Å². The van der Waals surface area contributed by atoms with Crippen LogP contribution in [0, 0.1) is 0 Å². The molecule has 202 valence electrons. The molecule has 4 aromatic rings. The second-order valence-corrected chi connectivity index (χ2v) is 9.41. The Hall–Kier alpha value is -4.12. The first-order valence-electron chi connectivity index (χ1n) is 12.3. The van der Waals surface area contributed by atoms with Crippen molar-refractivity contribution in [2.24, 2.45) is 0 Å². The molecule has 3 heterocycles. The molecular weight excluding hydrogens is 535 g/mol. The third-order valence-corrected chi connectivity index (χ3v) is 6.58. The van der Waals surface area contributed by atoms with Gasteiger partial charge in [0.1, 0.15) is 5.82 Å². The van der Waals surface area contributed by atoms with Gasteiger partial charge in [0.15, 0.2) is 5.43 Å². The lowest BCUT2D eigenvalue weighted by Gasteiger charge is -2.26. The maximum atomic E-state index is 13.6. The summed E-state index contributed by atoms with van der Waals surface area (Å²) in [5, 5.41) is 3.43. The molecule has 0 saturated carbocycles. The number of hydrogen-bond acceptors (Lipinski definition) is 7. The number of halogens is 4. The van der Waals surface area contributed by atoms with E-state index in [0.29, 0.717) is 17.5 Å². The first-order valence-corrected chi connectivity index (χ1v) is 12.6. The number of aromatic nitrogens is 3. The molecule has 0 bridgehead atoms. The van der Waals surface area contributed by atoms with Gasteiger partial charge in [-0.1, -0.05) is 29.8 Å². The largest absolute Gasteiger partial charge is 0.491 e. The SMILES string of the molecule is O=C(Oc1c(CNc2ccnc(N3CCCCC3)n2)c(=O)c2ccc(Cl)cc2n1-c1ccccc1)C(F)(F)F. The number of carbonyl (C=O) groups excluding carboxylic acids is 1. The van der Waals surface area contributed by atoms with Crippen LogP contribution in [0.25, 0.3) is 16.6 Å². The smallest absolute Gasteiger partial charge is 0.402 e. The molecule has 5 rings (SSSR count). The van der Waals surface area contributed by atoms with Crippen LogP contribution in [0.4, 0.5) is 24.9 Å². The summed E-state index contributed by atoms with van der Waals surface area (Å²) in [7, 11) is 0. The molecule has 1 saturated heterocycles. The van der Waals surface area contributed by atoms with Gasteiger partial charge in [0.2, 0.25) is 11.8 Å². The Bertz CT molecular complexity index is 1570. The maximum absolute atomic E-state index is 13.6. The summed E-state index contributed by atoms with van der Waals surface area (Å²) in [5.74, 6) is -2.15. The van der Waals surface area contributed by atoms with Crippen molar-refractivity contribution in [2.45, 2.75) is 32.0 Å². The minimum Gasteiger partial charge on any atom is -0.402 e. The predicted octanol–water partition coefficient (Wildman–Crippen LogP) is 5.50. The van der Waals surface area contributed by atoms with Crippen molar-refractivity contribution in [3.05, 3.63) is 81.6 Å². The fraction of sp³-hybridized carbons (Fsp3) is 0.259. The van der Waals surface area contributed by atoms with Crippen molar-refractivity contribution in [2.75, 3.05) is 23.3 Å². The van der Waals surface area contributed by atoms with Crippen LogP contribution in [-0.4, -0.2) is 39.8 Å². The van der Waals surface area contributed by atoms with Crippen molar-refractivity contribution in [1.82, 2.24) is 14.5 Å². The summed E-state index contributed by atoms with van der Waals surface area (Å²) in [6.07, 6.45) is -0.547. The summed E-state index contributed by atoms with van der Waals surface area (Å²) in [5.41, 5.74) is -0.256. The van der Waals surface area contributed by atoms with Crippen molar-refractivity contribution < 1.29 is 22.7 Å². The molecule has 2 aromatic carbocycles. The molecule has 1 aliphatic rings. The molecule has 12 heteroatoms. The van der Waals surface area contributed by atoms with E-state index >= 15 is 0 Å². The van der Waals surface area contributed by atoms with E-state index in [-0.39, 0.29) is 28.0 Å². The first-order chi connectivity index (χ1) is 18.7. The van der Waals surface area contributed by atoms with Gasteiger partial charge in [-0.25, -0.2) is 9.78 Å². The summed E-state index contributed by atoms with van der Waals surface area (Å²) >= 11 is 6.19. The number of alkyl halides is 3. The van der Waals surface area contributed by atoms with Gasteiger partial charge in [-0.15, -0.1) is 0 Å². The number of carbonyl (C=O) groups is 1. The molecule has 1 N–H and O–H groups in total. The van der Waals surface area contributed by atoms with E-state index in [1.807, 2.05) is 4.90 Å². The zero-order valence-corrected chi connectivity index (χ0v) is 21.3. The number of para-hydroxylation sites is 1. The third kappa shape index (κ3) is 5.68. The highest BCUT2D eigenvalue weighted by atomic mass is 35.5. The minimum absolute atomic E-state index is 0.182. The topological polar surface area (TPSA) is 89.3 Å². The second kappa shape index (κ2) is 10.9. The van der Waals surface area contributed by atoms with Crippen molar-refractivity contribution in [3.63, 3.8) is 0 Å². The van der Waals surface area contributed by atoms with E-state index in [4.69, 9.17) is 16.3 Å². The van der Waals surface area contributed by atoms with E-state index in [1.54, 1.807) is 42.6 Å². The number of hydrogen-bond donors (Lipinski definition) is 1. The van der Waals surface area contributed by atoms with Crippen LogP contribution in [0.3, 0.4) is 0 Å². The summed E-state index contributed by atoms with van der Waals surface area (Å²) in [4.78, 5) is 36.5. The minimum atomic E-state index is -5.29. The summed E-state index contributed by atoms with van der Waals surface area (Å²) in [6, 6.07) is 14.3. The molecule has 1 aliphatic heterocycles. The van der Waals surface area contributed by atoms with Crippen molar-refractivity contribution in [3.8, 4) is 11.6 Å². The Kier molecular flexibility index (Phi) is 7.42. The van der Waals surface area contributed by atoms with Crippen LogP contribution in [-0.2, 0) is 11.3 Å². The molecule has 0 unspecified atom stereocenters. The first kappa shape index (κ1) is 26.5. The van der Waals surface area contributed by atoms with Crippen LogP contribution in [0.5, 0.6) is 5.88 Å². The molecule has 8 nitrogen and oxygen atoms in total. The zero-order valence-electron chi connectivity index (χ0n) is 20.5. The van der Waals surface area contributed by atoms with Crippen molar-refractivity contribution >= 4 is 40.2 Å². The Labute approximate surface area is 226 Å². The van der Waals surface area contributed by atoms with Gasteiger partial charge < -0.3 is 15.0 Å². The number of anilines is 2. The molecule has 1 fully saturated rings. The number of pyridine rings is 1. The van der Waals surface area contributed by atoms with Gasteiger partial charge in [-0.05, 0) is 55.7 Å². The maximum Gasteiger partial charge on any atom is 0.491 e. The van der Waals surface area contributed by atoms with Gasteiger partial charge >= 0.3 is 12.1 Å². The van der Waals surface area contributed by atoms with E-state index in [1.165, 1.54) is 22.8 Å². The lowest BCUT2D eigenvalue weighted by molar-refractivity contribution is -0.190. The lowest BCUT2D eigenvalue weighted by atomic mass is 10.1. The Morgan fingerprint density at radius 1 is 1.05 bits per heavy atom. The predicted molar refractivity (Wildman–Crippen MR) is 142 cm³/mol. The molecular formula is C27H23ClF3N5O3. The molecule has 2 aromatic heterocycles. The number of esters is 1. The number of rotatable bonds is 6. The van der Waals surface area contributed by atoms with Gasteiger partial charge in [0, 0.05) is 35.4 Å². The number of fused-ring (bicyclic) bond motifs is 1. The Balaban J connectivity index is 1.63. The Morgan fingerprint density at radius 3 is 2.51 bits per heavy atom. The van der Waals surface area contributed by atoms with E-state index in [0.717, 1.165) is 32.4 Å². The number of ether oxygens (including phenoxy) is 1. The van der Waals surface area contributed by atoms with Crippen LogP contribution in [0.15, 0.2) is 65.6 Å². The fourth-order valence-electron chi connectivity index (χ4n) is 4.50. The fourth-order valence-corrected chi connectivity index (χ4v) is 4.67. The van der Waals surface area contributed by atoms with Gasteiger partial charge in [-0.2, -0.15) is 18.2 Å². The van der Waals surface area contributed by atoms with Crippen LogP contribution in [0.1, 0.15) is 24.8 Å². The average Bonchev–Trinajstić information content (AvgIpc) is 2.93. The highest BCUT2D eigenvalue weighted by molar-refractivity contribution is 6.31. The normalized spacial score (nSPS) is 13.9.